The van der Waals surface area contributed by atoms with Crippen molar-refractivity contribution in [1.82, 2.24) is 0 Å². The molecule has 4 nitrogen and oxygen atoms in total. The molecule has 0 aromatic carbocycles. The zero-order valence-electron chi connectivity index (χ0n) is 9.45. The Labute approximate surface area is 87.3 Å². The van der Waals surface area contributed by atoms with Crippen LogP contribution in [0.25, 0.3) is 0 Å². The molecule has 0 saturated heterocycles. The third kappa shape index (κ3) is 11.8. The predicted octanol–water partition coefficient (Wildman–Crippen LogP) is 0.212. The maximum atomic E-state index is 9.32. The Kier molecular flexibility index (Phi) is 14.9. The van der Waals surface area contributed by atoms with Crippen LogP contribution in [0.2, 0.25) is 0 Å². The van der Waals surface area contributed by atoms with Gasteiger partial charge in [0.15, 0.2) is 0 Å². The quantitative estimate of drug-likeness (QED) is 0.500. The van der Waals surface area contributed by atoms with Crippen LogP contribution in [0.3, 0.4) is 0 Å². The van der Waals surface area contributed by atoms with Crippen molar-refractivity contribution in [1.29, 1.82) is 0 Å². The summed E-state index contributed by atoms with van der Waals surface area (Å²) in [5.74, 6) is 0. The molecule has 0 aliphatic carbocycles. The van der Waals surface area contributed by atoms with E-state index in [2.05, 4.69) is 13.8 Å². The second-order valence-electron chi connectivity index (χ2n) is 3.32. The van der Waals surface area contributed by atoms with E-state index in [0.717, 1.165) is 25.7 Å². The lowest BCUT2D eigenvalue weighted by atomic mass is 10.0. The van der Waals surface area contributed by atoms with Crippen LogP contribution in [0, 0.1) is 0 Å². The van der Waals surface area contributed by atoms with Gasteiger partial charge < -0.3 is 21.7 Å². The minimum Gasteiger partial charge on any atom is -0.395 e. The summed E-state index contributed by atoms with van der Waals surface area (Å²) in [6.45, 7) is 4.61. The van der Waals surface area contributed by atoms with E-state index in [1.807, 2.05) is 0 Å². The first-order chi connectivity index (χ1) is 6.63. The molecule has 0 aromatic heterocycles. The van der Waals surface area contributed by atoms with Crippen molar-refractivity contribution in [3.63, 3.8) is 0 Å². The minimum atomic E-state index is -0.287. The number of aliphatic hydroxyl groups excluding tert-OH is 2. The normalized spacial score (nSPS) is 14.1. The van der Waals surface area contributed by atoms with Gasteiger partial charge in [-0.3, -0.25) is 0 Å². The average molecular weight is 206 g/mol. The van der Waals surface area contributed by atoms with E-state index in [-0.39, 0.29) is 18.8 Å². The van der Waals surface area contributed by atoms with E-state index in [1.54, 1.807) is 0 Å². The first-order valence-corrected chi connectivity index (χ1v) is 5.38. The van der Waals surface area contributed by atoms with Crippen molar-refractivity contribution >= 4 is 0 Å². The first-order valence-electron chi connectivity index (χ1n) is 5.38. The monoisotopic (exact) mass is 206 g/mol. The Hall–Kier alpha value is -0.160. The van der Waals surface area contributed by atoms with Gasteiger partial charge in [-0.2, -0.15) is 0 Å². The molecule has 0 heterocycles. The van der Waals surface area contributed by atoms with Gasteiger partial charge in [-0.15, -0.1) is 0 Å². The fourth-order valence-corrected chi connectivity index (χ4v) is 1.04. The molecular formula is C10H26N2O2. The molecule has 0 aromatic rings. The lowest BCUT2D eigenvalue weighted by Gasteiger charge is -2.16. The standard InChI is InChI=1S/C8H19NO.C2H7NO/c1-3-5-7(9)8(10)6-4-2;3-1-2-4/h7-8,10H,3-6,9H2,1-2H3;4H,1-3H2. The van der Waals surface area contributed by atoms with Gasteiger partial charge in [0.2, 0.25) is 0 Å². The first kappa shape index (κ1) is 16.3. The second-order valence-corrected chi connectivity index (χ2v) is 3.32. The van der Waals surface area contributed by atoms with E-state index in [4.69, 9.17) is 16.6 Å². The third-order valence-corrected chi connectivity index (χ3v) is 1.83. The van der Waals surface area contributed by atoms with Gasteiger partial charge in [0.25, 0.3) is 0 Å². The van der Waals surface area contributed by atoms with Crippen molar-refractivity contribution < 1.29 is 10.2 Å². The smallest absolute Gasteiger partial charge is 0.0691 e. The Balaban J connectivity index is 0. The summed E-state index contributed by atoms with van der Waals surface area (Å²) in [7, 11) is 0. The van der Waals surface area contributed by atoms with Gasteiger partial charge in [-0.05, 0) is 12.8 Å². The zero-order valence-corrected chi connectivity index (χ0v) is 9.45. The molecule has 0 radical (unpaired) electrons. The summed E-state index contributed by atoms with van der Waals surface area (Å²) in [6, 6.07) is -0.00931. The van der Waals surface area contributed by atoms with Crippen molar-refractivity contribution in [2.75, 3.05) is 13.2 Å². The summed E-state index contributed by atoms with van der Waals surface area (Å²) < 4.78 is 0. The Morgan fingerprint density at radius 1 is 1.14 bits per heavy atom. The van der Waals surface area contributed by atoms with E-state index in [0.29, 0.717) is 6.54 Å². The van der Waals surface area contributed by atoms with Gasteiger partial charge in [0.1, 0.15) is 0 Å². The maximum Gasteiger partial charge on any atom is 0.0691 e. The molecule has 6 N–H and O–H groups in total. The molecule has 0 spiro atoms. The van der Waals surface area contributed by atoms with E-state index < -0.39 is 0 Å². The lowest BCUT2D eigenvalue weighted by molar-refractivity contribution is 0.130. The number of rotatable bonds is 6. The topological polar surface area (TPSA) is 92.5 Å². The summed E-state index contributed by atoms with van der Waals surface area (Å²) >= 11 is 0. The Morgan fingerprint density at radius 3 is 1.86 bits per heavy atom. The van der Waals surface area contributed by atoms with Crippen molar-refractivity contribution in [3.05, 3.63) is 0 Å². The summed E-state index contributed by atoms with van der Waals surface area (Å²) in [4.78, 5) is 0. The molecule has 2 unspecified atom stereocenters. The lowest BCUT2D eigenvalue weighted by Crippen LogP contribution is -2.34. The molecule has 14 heavy (non-hydrogen) atoms. The highest BCUT2D eigenvalue weighted by molar-refractivity contribution is 4.69. The van der Waals surface area contributed by atoms with Crippen LogP contribution in [-0.2, 0) is 0 Å². The highest BCUT2D eigenvalue weighted by Gasteiger charge is 2.11. The molecule has 0 bridgehead atoms. The molecule has 0 fully saturated rings. The summed E-state index contributed by atoms with van der Waals surface area (Å²) in [5, 5.41) is 17.1. The van der Waals surface area contributed by atoms with Gasteiger partial charge >= 0.3 is 0 Å². The highest BCUT2D eigenvalue weighted by atomic mass is 16.3. The van der Waals surface area contributed by atoms with Crippen molar-refractivity contribution in [2.45, 2.75) is 51.7 Å². The molecule has 0 aliphatic heterocycles. The number of hydrogen-bond acceptors (Lipinski definition) is 4. The predicted molar refractivity (Wildman–Crippen MR) is 59.9 cm³/mol. The summed E-state index contributed by atoms with van der Waals surface area (Å²) in [6.07, 6.45) is 3.55. The minimum absolute atomic E-state index is 0.00931. The molecular weight excluding hydrogens is 180 g/mol. The highest BCUT2D eigenvalue weighted by Crippen LogP contribution is 2.04. The van der Waals surface area contributed by atoms with Crippen LogP contribution in [0.1, 0.15) is 39.5 Å². The van der Waals surface area contributed by atoms with Crippen molar-refractivity contribution in [2.24, 2.45) is 11.5 Å². The molecule has 0 aliphatic rings. The summed E-state index contributed by atoms with van der Waals surface area (Å²) in [5.41, 5.74) is 10.4. The van der Waals surface area contributed by atoms with Gasteiger partial charge in [-0.1, -0.05) is 26.7 Å². The number of nitrogens with two attached hydrogens (primary N) is 2. The van der Waals surface area contributed by atoms with Crippen LogP contribution >= 0.6 is 0 Å². The largest absolute Gasteiger partial charge is 0.395 e. The molecule has 0 saturated carbocycles. The maximum absolute atomic E-state index is 9.32. The Bertz CT molecular complexity index is 90.1. The van der Waals surface area contributed by atoms with Crippen LogP contribution < -0.4 is 11.5 Å². The molecule has 0 amide bonds. The van der Waals surface area contributed by atoms with Gasteiger partial charge in [0.05, 0.1) is 12.7 Å². The zero-order chi connectivity index (χ0) is 11.4. The fourth-order valence-electron chi connectivity index (χ4n) is 1.04. The van der Waals surface area contributed by atoms with Crippen LogP contribution in [-0.4, -0.2) is 35.5 Å². The van der Waals surface area contributed by atoms with E-state index >= 15 is 0 Å². The number of aliphatic hydroxyl groups is 2. The van der Waals surface area contributed by atoms with E-state index in [1.165, 1.54) is 0 Å². The molecule has 0 rings (SSSR count). The fraction of sp³-hybridized carbons (Fsp3) is 1.00. The van der Waals surface area contributed by atoms with Crippen LogP contribution in [0.4, 0.5) is 0 Å². The van der Waals surface area contributed by atoms with Gasteiger partial charge in [0, 0.05) is 12.6 Å². The molecule has 88 valence electrons. The SMILES string of the molecule is CCCC(N)C(O)CCC.NCCO. The van der Waals surface area contributed by atoms with Crippen LogP contribution in [0.15, 0.2) is 0 Å². The Morgan fingerprint density at radius 2 is 1.57 bits per heavy atom. The molecule has 4 heteroatoms. The third-order valence-electron chi connectivity index (χ3n) is 1.83. The van der Waals surface area contributed by atoms with Crippen molar-refractivity contribution in [3.8, 4) is 0 Å². The molecule has 2 atom stereocenters. The van der Waals surface area contributed by atoms with Crippen LogP contribution in [0.5, 0.6) is 0 Å². The van der Waals surface area contributed by atoms with E-state index in [9.17, 15) is 5.11 Å². The average Bonchev–Trinajstić information content (AvgIpc) is 2.19. The number of hydrogen-bond donors (Lipinski definition) is 4. The van der Waals surface area contributed by atoms with Gasteiger partial charge in [-0.25, -0.2) is 0 Å². The second kappa shape index (κ2) is 12.8.